The van der Waals surface area contributed by atoms with Crippen LogP contribution in [-0.2, 0) is 16.6 Å². The summed E-state index contributed by atoms with van der Waals surface area (Å²) in [4.78, 5) is 11.3. The molecule has 0 aliphatic heterocycles. The van der Waals surface area contributed by atoms with Crippen LogP contribution in [0.25, 0.3) is 11.0 Å². The van der Waals surface area contributed by atoms with Crippen LogP contribution in [-0.4, -0.2) is 38.6 Å². The predicted molar refractivity (Wildman–Crippen MR) is 93.2 cm³/mol. The molecule has 6 nitrogen and oxygen atoms in total. The first-order chi connectivity index (χ1) is 12.8. The van der Waals surface area contributed by atoms with Gasteiger partial charge in [0, 0.05) is 18.3 Å². The van der Waals surface area contributed by atoms with Crippen LogP contribution in [0.1, 0.15) is 12.6 Å². The largest absolute Gasteiger partial charge is 0.494 e. The van der Waals surface area contributed by atoms with Gasteiger partial charge in [-0.25, -0.2) is 4.98 Å². The lowest BCUT2D eigenvalue weighted by molar-refractivity contribution is -0.153. The molecule has 0 radical (unpaired) electrons. The Labute approximate surface area is 155 Å². The van der Waals surface area contributed by atoms with Gasteiger partial charge in [-0.3, -0.25) is 9.19 Å². The minimum atomic E-state index is -4.43. The minimum absolute atomic E-state index is 0.0125. The summed E-state index contributed by atoms with van der Waals surface area (Å²) in [6.45, 7) is 0.999. The van der Waals surface area contributed by atoms with E-state index in [1.54, 1.807) is 18.2 Å². The molecule has 2 aromatic heterocycles. The molecule has 1 atom stereocenters. The molecule has 27 heavy (non-hydrogen) atoms. The standard InChI is InChI=1S/C17H16F3N3O3S/c1-2-25-12-3-4-14-15(8-12)23-16(22-14)27(24)9-11-7-13(5-6-21-11)26-10-17(18,19)20/h3-8H,2,9-10H2,1H3,(H,22,23). The molecular weight excluding hydrogens is 383 g/mol. The third kappa shape index (κ3) is 5.19. The van der Waals surface area contributed by atoms with E-state index in [0.29, 0.717) is 29.1 Å². The number of pyridine rings is 1. The lowest BCUT2D eigenvalue weighted by Gasteiger charge is -2.09. The summed E-state index contributed by atoms with van der Waals surface area (Å²) in [7, 11) is -1.55. The smallest absolute Gasteiger partial charge is 0.422 e. The second-order valence-corrected chi connectivity index (χ2v) is 6.90. The zero-order chi connectivity index (χ0) is 19.4. The SMILES string of the molecule is CCOc1ccc2nc(S(=O)Cc3cc(OCC(F)(F)F)ccn3)[nH]c2c1. The number of rotatable bonds is 7. The van der Waals surface area contributed by atoms with Crippen LogP contribution in [0.2, 0.25) is 0 Å². The Morgan fingerprint density at radius 2 is 1.93 bits per heavy atom. The van der Waals surface area contributed by atoms with Gasteiger partial charge in [-0.15, -0.1) is 0 Å². The van der Waals surface area contributed by atoms with Gasteiger partial charge in [0.1, 0.15) is 11.5 Å². The van der Waals surface area contributed by atoms with Crippen molar-refractivity contribution in [1.82, 2.24) is 15.0 Å². The number of ether oxygens (including phenoxy) is 2. The molecular formula is C17H16F3N3O3S. The quantitative estimate of drug-likeness (QED) is 0.657. The number of imidazole rings is 1. The number of aromatic nitrogens is 3. The Balaban J connectivity index is 1.72. The summed E-state index contributed by atoms with van der Waals surface area (Å²) in [6.07, 6.45) is -3.12. The van der Waals surface area contributed by atoms with Crippen molar-refractivity contribution in [2.45, 2.75) is 24.0 Å². The predicted octanol–water partition coefficient (Wildman–Crippen LogP) is 3.61. The monoisotopic (exact) mass is 399 g/mol. The summed E-state index contributed by atoms with van der Waals surface area (Å²) in [6, 6.07) is 7.92. The van der Waals surface area contributed by atoms with Gasteiger partial charge in [0.15, 0.2) is 11.8 Å². The van der Waals surface area contributed by atoms with Crippen LogP contribution >= 0.6 is 0 Å². The van der Waals surface area contributed by atoms with Gasteiger partial charge in [-0.2, -0.15) is 13.2 Å². The van der Waals surface area contributed by atoms with Gasteiger partial charge < -0.3 is 14.5 Å². The van der Waals surface area contributed by atoms with Crippen molar-refractivity contribution in [2.75, 3.05) is 13.2 Å². The second-order valence-electron chi connectivity index (χ2n) is 5.53. The molecule has 0 amide bonds. The molecule has 0 fully saturated rings. The number of benzene rings is 1. The molecule has 0 bridgehead atoms. The molecule has 1 N–H and O–H groups in total. The van der Waals surface area contributed by atoms with Crippen LogP contribution < -0.4 is 9.47 Å². The Hall–Kier alpha value is -2.62. The summed E-state index contributed by atoms with van der Waals surface area (Å²) in [5.74, 6) is 0.670. The first-order valence-corrected chi connectivity index (χ1v) is 9.31. The van der Waals surface area contributed by atoms with Crippen LogP contribution in [0, 0.1) is 0 Å². The number of aromatic amines is 1. The molecule has 0 saturated carbocycles. The Morgan fingerprint density at radius 1 is 1.15 bits per heavy atom. The van der Waals surface area contributed by atoms with E-state index >= 15 is 0 Å². The highest BCUT2D eigenvalue weighted by Gasteiger charge is 2.28. The number of H-pyrrole nitrogens is 1. The fourth-order valence-electron chi connectivity index (χ4n) is 2.32. The highest BCUT2D eigenvalue weighted by atomic mass is 32.2. The van der Waals surface area contributed by atoms with E-state index in [0.717, 1.165) is 0 Å². The number of hydrogen-bond acceptors (Lipinski definition) is 5. The number of hydrogen-bond donors (Lipinski definition) is 1. The average Bonchev–Trinajstić information content (AvgIpc) is 3.04. The van der Waals surface area contributed by atoms with E-state index in [4.69, 9.17) is 4.74 Å². The van der Waals surface area contributed by atoms with Crippen LogP contribution in [0.5, 0.6) is 11.5 Å². The highest BCUT2D eigenvalue weighted by Crippen LogP contribution is 2.22. The number of nitrogens with one attached hydrogen (secondary N) is 1. The maximum atomic E-state index is 12.5. The van der Waals surface area contributed by atoms with Crippen molar-refractivity contribution in [3.63, 3.8) is 0 Å². The molecule has 0 aliphatic carbocycles. The average molecular weight is 399 g/mol. The molecule has 1 aromatic carbocycles. The number of alkyl halides is 3. The molecule has 0 saturated heterocycles. The summed E-state index contributed by atoms with van der Waals surface area (Å²) in [5, 5.41) is 0.252. The third-order valence-corrected chi connectivity index (χ3v) is 4.61. The molecule has 3 aromatic rings. The van der Waals surface area contributed by atoms with Gasteiger partial charge in [0.05, 0.1) is 39.9 Å². The molecule has 1 unspecified atom stereocenters. The summed E-state index contributed by atoms with van der Waals surface area (Å²) < 4.78 is 59.4. The topological polar surface area (TPSA) is 77.1 Å². The van der Waals surface area contributed by atoms with E-state index in [-0.39, 0.29) is 16.7 Å². The van der Waals surface area contributed by atoms with E-state index in [1.165, 1.54) is 18.3 Å². The Morgan fingerprint density at radius 3 is 2.67 bits per heavy atom. The normalized spacial score (nSPS) is 12.9. The zero-order valence-electron chi connectivity index (χ0n) is 14.2. The Kier molecular flexibility index (Phi) is 5.64. The number of nitrogens with zero attached hydrogens (tertiary/aromatic N) is 2. The van der Waals surface area contributed by atoms with Crippen molar-refractivity contribution in [1.29, 1.82) is 0 Å². The van der Waals surface area contributed by atoms with E-state index in [1.807, 2.05) is 6.92 Å². The molecule has 0 aliphatic rings. The van der Waals surface area contributed by atoms with Crippen molar-refractivity contribution in [3.8, 4) is 11.5 Å². The van der Waals surface area contributed by atoms with Crippen molar-refractivity contribution >= 4 is 21.8 Å². The molecule has 3 rings (SSSR count). The van der Waals surface area contributed by atoms with Crippen molar-refractivity contribution in [2.24, 2.45) is 0 Å². The van der Waals surface area contributed by atoms with Gasteiger partial charge in [0.2, 0.25) is 0 Å². The maximum absolute atomic E-state index is 12.5. The lowest BCUT2D eigenvalue weighted by atomic mass is 10.3. The van der Waals surface area contributed by atoms with Crippen LogP contribution in [0.4, 0.5) is 13.2 Å². The van der Waals surface area contributed by atoms with Gasteiger partial charge in [-0.1, -0.05) is 0 Å². The molecule has 2 heterocycles. The van der Waals surface area contributed by atoms with Crippen molar-refractivity contribution in [3.05, 3.63) is 42.2 Å². The third-order valence-electron chi connectivity index (χ3n) is 3.43. The first kappa shape index (κ1) is 19.2. The van der Waals surface area contributed by atoms with E-state index in [2.05, 4.69) is 19.7 Å². The maximum Gasteiger partial charge on any atom is 0.422 e. The summed E-state index contributed by atoms with van der Waals surface area (Å²) >= 11 is 0. The van der Waals surface area contributed by atoms with E-state index in [9.17, 15) is 17.4 Å². The lowest BCUT2D eigenvalue weighted by Crippen LogP contribution is -2.19. The summed E-state index contributed by atoms with van der Waals surface area (Å²) in [5.41, 5.74) is 1.65. The van der Waals surface area contributed by atoms with Crippen molar-refractivity contribution < 1.29 is 26.9 Å². The molecule has 144 valence electrons. The second kappa shape index (κ2) is 7.95. The fraction of sp³-hybridized carbons (Fsp3) is 0.294. The van der Waals surface area contributed by atoms with Gasteiger partial charge in [-0.05, 0) is 25.1 Å². The molecule has 10 heteroatoms. The zero-order valence-corrected chi connectivity index (χ0v) is 15.1. The fourth-order valence-corrected chi connectivity index (χ4v) is 3.31. The van der Waals surface area contributed by atoms with Gasteiger partial charge in [0.25, 0.3) is 0 Å². The van der Waals surface area contributed by atoms with Crippen LogP contribution in [0.15, 0.2) is 41.7 Å². The first-order valence-electron chi connectivity index (χ1n) is 7.99. The number of halogens is 3. The van der Waals surface area contributed by atoms with Crippen LogP contribution in [0.3, 0.4) is 0 Å². The minimum Gasteiger partial charge on any atom is -0.494 e. The van der Waals surface area contributed by atoms with Gasteiger partial charge >= 0.3 is 6.18 Å². The Bertz CT molecular complexity index is 959. The molecule has 0 spiro atoms. The highest BCUT2D eigenvalue weighted by molar-refractivity contribution is 7.84. The number of fused-ring (bicyclic) bond motifs is 1. The van der Waals surface area contributed by atoms with E-state index < -0.39 is 23.6 Å².